The van der Waals surface area contributed by atoms with Gasteiger partial charge in [0.25, 0.3) is 0 Å². The topological polar surface area (TPSA) is 89.9 Å². The van der Waals surface area contributed by atoms with Gasteiger partial charge in [0.1, 0.15) is 6.04 Å². The largest absolute Gasteiger partial charge is 0.480 e. The number of aliphatic hydroxyl groups excluding tert-OH is 1. The minimum atomic E-state index is -1.12. The fourth-order valence-corrected chi connectivity index (χ4v) is 1.50. The van der Waals surface area contributed by atoms with Crippen molar-refractivity contribution >= 4 is 12.0 Å². The molecule has 0 aliphatic carbocycles. The van der Waals surface area contributed by atoms with Crippen molar-refractivity contribution in [2.45, 2.75) is 18.6 Å². The fourth-order valence-electron chi connectivity index (χ4n) is 1.50. The SMILES string of the molecule is C#CCNC(=O)N1C[C@H](O)C[C@@H]1C(=O)O. The monoisotopic (exact) mass is 212 g/mol. The number of carboxylic acids is 1. The Bertz CT molecular complexity index is 310. The van der Waals surface area contributed by atoms with Crippen molar-refractivity contribution < 1.29 is 19.8 Å². The molecule has 1 aliphatic heterocycles. The third-order valence-electron chi connectivity index (χ3n) is 2.17. The number of amides is 2. The first-order chi connectivity index (χ1) is 7.06. The number of aliphatic carboxylic acids is 1. The zero-order valence-corrected chi connectivity index (χ0v) is 8.01. The maximum Gasteiger partial charge on any atom is 0.326 e. The van der Waals surface area contributed by atoms with Crippen LogP contribution >= 0.6 is 0 Å². The summed E-state index contributed by atoms with van der Waals surface area (Å²) in [6, 6.07) is -1.53. The number of β-amino-alcohol motifs (C(OH)–C–C–N with tert-alkyl or cyclic N) is 1. The number of hydrogen-bond donors (Lipinski definition) is 3. The van der Waals surface area contributed by atoms with Crippen molar-refractivity contribution in [3.05, 3.63) is 0 Å². The van der Waals surface area contributed by atoms with Gasteiger partial charge >= 0.3 is 12.0 Å². The van der Waals surface area contributed by atoms with Crippen molar-refractivity contribution in [2.24, 2.45) is 0 Å². The summed E-state index contributed by atoms with van der Waals surface area (Å²) >= 11 is 0. The van der Waals surface area contributed by atoms with E-state index in [4.69, 9.17) is 11.5 Å². The Labute approximate surface area is 86.9 Å². The quantitative estimate of drug-likeness (QED) is 0.504. The molecule has 1 heterocycles. The first-order valence-electron chi connectivity index (χ1n) is 4.45. The number of hydrogen-bond acceptors (Lipinski definition) is 3. The molecule has 1 saturated heterocycles. The standard InChI is InChI=1S/C9H12N2O4/c1-2-3-10-9(15)11-5-6(12)4-7(11)8(13)14/h1,6-7,12H,3-5H2,(H,10,15)(H,13,14)/t6-,7-/m1/s1. The molecule has 0 saturated carbocycles. The van der Waals surface area contributed by atoms with Gasteiger partial charge in [-0.3, -0.25) is 0 Å². The first kappa shape index (κ1) is 11.3. The molecule has 1 aliphatic rings. The average Bonchev–Trinajstić information content (AvgIpc) is 2.57. The van der Waals surface area contributed by atoms with Gasteiger partial charge in [-0.25, -0.2) is 9.59 Å². The molecule has 0 aromatic carbocycles. The van der Waals surface area contributed by atoms with E-state index in [1.165, 1.54) is 0 Å². The number of carbonyl (C=O) groups is 2. The summed E-state index contributed by atoms with van der Waals surface area (Å²) in [5, 5.41) is 20.4. The Kier molecular flexibility index (Phi) is 3.52. The summed E-state index contributed by atoms with van der Waals surface area (Å²) in [5.74, 6) is 1.09. The van der Waals surface area contributed by atoms with Crippen LogP contribution in [0.25, 0.3) is 0 Å². The number of terminal acetylenes is 1. The van der Waals surface area contributed by atoms with Gasteiger partial charge in [0.05, 0.1) is 12.6 Å². The molecule has 1 rings (SSSR count). The van der Waals surface area contributed by atoms with Gasteiger partial charge in [-0.2, -0.15) is 0 Å². The normalized spacial score (nSPS) is 24.7. The molecule has 2 amide bonds. The van der Waals surface area contributed by atoms with Crippen LogP contribution in [0.15, 0.2) is 0 Å². The Morgan fingerprint density at radius 1 is 1.60 bits per heavy atom. The van der Waals surface area contributed by atoms with Crippen LogP contribution in [0.3, 0.4) is 0 Å². The first-order valence-corrected chi connectivity index (χ1v) is 4.45. The summed E-state index contributed by atoms with van der Waals surface area (Å²) < 4.78 is 0. The third kappa shape index (κ3) is 2.60. The minimum absolute atomic E-state index is 0.0212. The predicted octanol–water partition coefficient (Wildman–Crippen LogP) is -1.15. The highest BCUT2D eigenvalue weighted by Gasteiger charge is 2.38. The molecular formula is C9H12N2O4. The van der Waals surface area contributed by atoms with Crippen molar-refractivity contribution in [3.63, 3.8) is 0 Å². The summed E-state index contributed by atoms with van der Waals surface area (Å²) in [4.78, 5) is 23.2. The van der Waals surface area contributed by atoms with E-state index in [1.807, 2.05) is 0 Å². The van der Waals surface area contributed by atoms with Crippen LogP contribution in [0, 0.1) is 12.3 Å². The number of nitrogens with zero attached hydrogens (tertiary/aromatic N) is 1. The molecule has 6 heteroatoms. The molecule has 0 bridgehead atoms. The minimum Gasteiger partial charge on any atom is -0.480 e. The molecule has 0 spiro atoms. The highest BCUT2D eigenvalue weighted by Crippen LogP contribution is 2.17. The Hall–Kier alpha value is -1.74. The average molecular weight is 212 g/mol. The van der Waals surface area contributed by atoms with Gasteiger partial charge in [-0.1, -0.05) is 5.92 Å². The second-order valence-corrected chi connectivity index (χ2v) is 3.26. The maximum atomic E-state index is 11.4. The lowest BCUT2D eigenvalue weighted by molar-refractivity contribution is -0.141. The summed E-state index contributed by atoms with van der Waals surface area (Å²) in [7, 11) is 0. The van der Waals surface area contributed by atoms with Gasteiger partial charge in [-0.05, 0) is 0 Å². The number of carboxylic acid groups (broad SMARTS) is 1. The van der Waals surface area contributed by atoms with E-state index >= 15 is 0 Å². The van der Waals surface area contributed by atoms with E-state index in [0.29, 0.717) is 0 Å². The molecular weight excluding hydrogens is 200 g/mol. The zero-order valence-electron chi connectivity index (χ0n) is 8.01. The lowest BCUT2D eigenvalue weighted by Crippen LogP contribution is -2.46. The van der Waals surface area contributed by atoms with Crippen LogP contribution in [-0.4, -0.2) is 52.3 Å². The molecule has 0 aromatic rings. The van der Waals surface area contributed by atoms with Crippen LogP contribution in [0.2, 0.25) is 0 Å². The van der Waals surface area contributed by atoms with Crippen molar-refractivity contribution in [2.75, 3.05) is 13.1 Å². The number of nitrogens with one attached hydrogen (secondary N) is 1. The van der Waals surface area contributed by atoms with Gasteiger partial charge in [0.15, 0.2) is 0 Å². The number of aliphatic hydroxyl groups is 1. The maximum absolute atomic E-state index is 11.4. The van der Waals surface area contributed by atoms with Crippen LogP contribution in [-0.2, 0) is 4.79 Å². The lowest BCUT2D eigenvalue weighted by atomic mass is 10.2. The van der Waals surface area contributed by atoms with Gasteiger partial charge in [-0.15, -0.1) is 6.42 Å². The second kappa shape index (κ2) is 4.66. The summed E-state index contributed by atoms with van der Waals surface area (Å²) in [6.07, 6.45) is 4.21. The van der Waals surface area contributed by atoms with Crippen LogP contribution < -0.4 is 5.32 Å². The van der Waals surface area contributed by atoms with Gasteiger partial charge < -0.3 is 20.4 Å². The fraction of sp³-hybridized carbons (Fsp3) is 0.556. The molecule has 2 atom stereocenters. The molecule has 1 fully saturated rings. The van der Waals surface area contributed by atoms with E-state index in [9.17, 15) is 14.7 Å². The molecule has 0 aromatic heterocycles. The highest BCUT2D eigenvalue weighted by molar-refractivity contribution is 5.83. The van der Waals surface area contributed by atoms with Crippen molar-refractivity contribution in [1.82, 2.24) is 10.2 Å². The van der Waals surface area contributed by atoms with Crippen LogP contribution in [0.1, 0.15) is 6.42 Å². The number of likely N-dealkylation sites (tertiary alicyclic amines) is 1. The number of urea groups is 1. The van der Waals surface area contributed by atoms with E-state index in [2.05, 4.69) is 11.2 Å². The van der Waals surface area contributed by atoms with Gasteiger partial charge in [0, 0.05) is 13.0 Å². The Morgan fingerprint density at radius 2 is 2.27 bits per heavy atom. The predicted molar refractivity (Wildman–Crippen MR) is 51.0 cm³/mol. The molecule has 15 heavy (non-hydrogen) atoms. The van der Waals surface area contributed by atoms with E-state index in [0.717, 1.165) is 4.90 Å². The van der Waals surface area contributed by atoms with Crippen molar-refractivity contribution in [1.29, 1.82) is 0 Å². The molecule has 0 unspecified atom stereocenters. The molecule has 82 valence electrons. The molecule has 3 N–H and O–H groups in total. The Balaban J connectivity index is 2.63. The second-order valence-electron chi connectivity index (χ2n) is 3.26. The molecule has 0 radical (unpaired) electrons. The van der Waals surface area contributed by atoms with Crippen molar-refractivity contribution in [3.8, 4) is 12.3 Å². The number of carbonyl (C=O) groups excluding carboxylic acids is 1. The third-order valence-corrected chi connectivity index (χ3v) is 2.17. The van der Waals surface area contributed by atoms with E-state index < -0.39 is 24.1 Å². The summed E-state index contributed by atoms with van der Waals surface area (Å²) in [6.45, 7) is 0.0607. The smallest absolute Gasteiger partial charge is 0.326 e. The van der Waals surface area contributed by atoms with E-state index in [-0.39, 0.29) is 19.5 Å². The summed E-state index contributed by atoms with van der Waals surface area (Å²) in [5.41, 5.74) is 0. The Morgan fingerprint density at radius 3 is 2.80 bits per heavy atom. The zero-order chi connectivity index (χ0) is 11.4. The highest BCUT2D eigenvalue weighted by atomic mass is 16.4. The molecule has 6 nitrogen and oxygen atoms in total. The number of rotatable bonds is 2. The van der Waals surface area contributed by atoms with Gasteiger partial charge in [0.2, 0.25) is 0 Å². The lowest BCUT2D eigenvalue weighted by Gasteiger charge is -2.20. The van der Waals surface area contributed by atoms with E-state index in [1.54, 1.807) is 0 Å². The van der Waals surface area contributed by atoms with Crippen LogP contribution in [0.5, 0.6) is 0 Å². The van der Waals surface area contributed by atoms with Crippen LogP contribution in [0.4, 0.5) is 4.79 Å².